The topological polar surface area (TPSA) is 104 Å². The van der Waals surface area contributed by atoms with Crippen molar-refractivity contribution in [3.63, 3.8) is 0 Å². The fourth-order valence-electron chi connectivity index (χ4n) is 8.70. The first-order chi connectivity index (χ1) is 15.3. The number of aliphatic hydroxyl groups is 1. The number of aliphatic hydroxyl groups excluding tert-OH is 1. The maximum atomic E-state index is 10.7. The molecule has 4 aliphatic rings. The lowest BCUT2D eigenvalue weighted by molar-refractivity contribution is -0.153. The van der Waals surface area contributed by atoms with E-state index in [1.54, 1.807) is 0 Å². The van der Waals surface area contributed by atoms with Crippen LogP contribution in [0.15, 0.2) is 5.16 Å². The van der Waals surface area contributed by atoms with Gasteiger partial charge < -0.3 is 21.0 Å². The molecular weight excluding hydrogens is 400 g/mol. The molecule has 32 heavy (non-hydrogen) atoms. The van der Waals surface area contributed by atoms with E-state index in [0.717, 1.165) is 49.9 Å². The van der Waals surface area contributed by atoms with Crippen molar-refractivity contribution < 1.29 is 9.94 Å². The van der Waals surface area contributed by atoms with Crippen LogP contribution in [0, 0.1) is 45.8 Å². The monoisotopic (exact) mass is 446 g/mol. The molecule has 0 bridgehead atoms. The van der Waals surface area contributed by atoms with E-state index in [1.165, 1.54) is 44.9 Å². The summed E-state index contributed by atoms with van der Waals surface area (Å²) >= 11 is 0. The fourth-order valence-corrected chi connectivity index (χ4v) is 8.70. The molecule has 4 fully saturated rings. The van der Waals surface area contributed by atoms with E-state index in [0.29, 0.717) is 35.8 Å². The first kappa shape index (κ1) is 23.8. The van der Waals surface area contributed by atoms with Crippen LogP contribution in [0.4, 0.5) is 0 Å². The molecule has 0 amide bonds. The van der Waals surface area contributed by atoms with Gasteiger partial charge in [-0.25, -0.2) is 0 Å². The molecule has 1 unspecified atom stereocenters. The van der Waals surface area contributed by atoms with Crippen LogP contribution in [0.5, 0.6) is 0 Å². The minimum absolute atomic E-state index is 0.00422. The molecule has 4 aliphatic carbocycles. The number of nitrogens with one attached hydrogen (secondary N) is 2. The molecule has 0 aliphatic heterocycles. The van der Waals surface area contributed by atoms with Gasteiger partial charge in [0.05, 0.1) is 6.10 Å². The standard InChI is InChI=1S/C26H46N4O2/c1-25-11-3-7-22(25)21-9-8-19-17-20(31)16-18(26(19,2)23(21)10-12-25)6-4-14-30-32-15-5-13-29-24(27)28/h14,18-23,31H,3-13,15-17H2,1-2H3,(H4,27,28,29)/b30-14+/t18?,19-,20+,21+,22+,23+,25+,26+/m1/s1. The zero-order valence-corrected chi connectivity index (χ0v) is 20.3. The molecule has 0 spiro atoms. The number of hydrogen-bond acceptors (Lipinski definition) is 4. The summed E-state index contributed by atoms with van der Waals surface area (Å²) in [4.78, 5) is 5.37. The Bertz CT molecular complexity index is 685. The van der Waals surface area contributed by atoms with E-state index in [1.807, 2.05) is 6.21 Å². The molecule has 0 aromatic heterocycles. The van der Waals surface area contributed by atoms with Crippen molar-refractivity contribution in [2.75, 3.05) is 13.2 Å². The molecule has 0 radical (unpaired) electrons. The minimum Gasteiger partial charge on any atom is -0.396 e. The highest BCUT2D eigenvalue weighted by atomic mass is 16.6. The van der Waals surface area contributed by atoms with Crippen LogP contribution < -0.4 is 11.1 Å². The number of nitrogens with two attached hydrogens (primary N) is 1. The predicted molar refractivity (Wildman–Crippen MR) is 129 cm³/mol. The second-order valence-corrected chi connectivity index (χ2v) is 11.8. The van der Waals surface area contributed by atoms with Gasteiger partial charge in [0.15, 0.2) is 5.96 Å². The van der Waals surface area contributed by atoms with Gasteiger partial charge in [-0.3, -0.25) is 5.41 Å². The van der Waals surface area contributed by atoms with Gasteiger partial charge in [0.2, 0.25) is 0 Å². The Kier molecular flexibility index (Phi) is 7.38. The molecule has 0 saturated heterocycles. The number of rotatable bonds is 8. The molecular formula is C26H46N4O2. The molecule has 0 heterocycles. The molecule has 6 heteroatoms. The summed E-state index contributed by atoms with van der Waals surface area (Å²) in [5.74, 6) is 3.97. The summed E-state index contributed by atoms with van der Waals surface area (Å²) in [7, 11) is 0. The summed E-state index contributed by atoms with van der Waals surface area (Å²) in [6.07, 6.45) is 16.5. The fraction of sp³-hybridized carbons (Fsp3) is 0.923. The third kappa shape index (κ3) is 4.67. The smallest absolute Gasteiger partial charge is 0.185 e. The van der Waals surface area contributed by atoms with Gasteiger partial charge in [0, 0.05) is 19.2 Å². The maximum absolute atomic E-state index is 10.7. The van der Waals surface area contributed by atoms with Crippen molar-refractivity contribution in [1.29, 1.82) is 5.41 Å². The van der Waals surface area contributed by atoms with Gasteiger partial charge >= 0.3 is 0 Å². The summed E-state index contributed by atoms with van der Waals surface area (Å²) in [6, 6.07) is 0. The SMILES string of the molecule is C[C@@]12CCC[C@H]1[C@@H]1CC[C@@H]3C[C@@H](O)CC(CC/C=N/OCCCNC(=N)N)[C@]3(C)[C@H]1CC2. The number of nitrogens with zero attached hydrogens (tertiary/aromatic N) is 1. The summed E-state index contributed by atoms with van der Waals surface area (Å²) in [5, 5.41) is 24.8. The second kappa shape index (κ2) is 9.90. The van der Waals surface area contributed by atoms with Crippen LogP contribution in [0.3, 0.4) is 0 Å². The Balaban J connectivity index is 1.34. The van der Waals surface area contributed by atoms with Crippen LogP contribution in [0.25, 0.3) is 0 Å². The zero-order chi connectivity index (χ0) is 22.8. The lowest BCUT2D eigenvalue weighted by atomic mass is 9.42. The average molecular weight is 447 g/mol. The normalized spacial score (nSPS) is 43.3. The van der Waals surface area contributed by atoms with E-state index < -0.39 is 0 Å². The van der Waals surface area contributed by atoms with Crippen molar-refractivity contribution >= 4 is 12.2 Å². The van der Waals surface area contributed by atoms with Gasteiger partial charge in [-0.15, -0.1) is 0 Å². The van der Waals surface area contributed by atoms with Crippen LogP contribution in [-0.2, 0) is 4.84 Å². The molecule has 0 aromatic carbocycles. The van der Waals surface area contributed by atoms with Crippen molar-refractivity contribution in [2.45, 2.75) is 97.0 Å². The Labute approximate surface area is 194 Å². The van der Waals surface area contributed by atoms with Crippen LogP contribution >= 0.6 is 0 Å². The lowest BCUT2D eigenvalue weighted by Gasteiger charge is -2.63. The van der Waals surface area contributed by atoms with E-state index in [4.69, 9.17) is 16.0 Å². The molecule has 4 saturated carbocycles. The van der Waals surface area contributed by atoms with E-state index >= 15 is 0 Å². The first-order valence-corrected chi connectivity index (χ1v) is 13.2. The van der Waals surface area contributed by atoms with Gasteiger partial charge in [0.25, 0.3) is 0 Å². The van der Waals surface area contributed by atoms with Crippen molar-refractivity contribution in [1.82, 2.24) is 5.32 Å². The number of guanidine groups is 1. The maximum Gasteiger partial charge on any atom is 0.185 e. The highest BCUT2D eigenvalue weighted by Gasteiger charge is 2.60. The van der Waals surface area contributed by atoms with Crippen molar-refractivity contribution in [3.8, 4) is 0 Å². The molecule has 5 N–H and O–H groups in total. The molecule has 8 atom stereocenters. The van der Waals surface area contributed by atoms with Crippen molar-refractivity contribution in [2.24, 2.45) is 51.3 Å². The van der Waals surface area contributed by atoms with Crippen LogP contribution in [-0.4, -0.2) is 36.5 Å². The molecule has 4 rings (SSSR count). The van der Waals surface area contributed by atoms with Crippen LogP contribution in [0.2, 0.25) is 0 Å². The lowest BCUT2D eigenvalue weighted by Crippen LogP contribution is -2.56. The highest BCUT2D eigenvalue weighted by molar-refractivity contribution is 5.74. The Morgan fingerprint density at radius 1 is 1.19 bits per heavy atom. The van der Waals surface area contributed by atoms with Gasteiger partial charge in [-0.05, 0) is 105 Å². The Morgan fingerprint density at radius 2 is 2.03 bits per heavy atom. The molecule has 0 aromatic rings. The largest absolute Gasteiger partial charge is 0.396 e. The summed E-state index contributed by atoms with van der Waals surface area (Å²) in [5.41, 5.74) is 6.25. The zero-order valence-electron chi connectivity index (χ0n) is 20.3. The quantitative estimate of drug-likeness (QED) is 0.188. The Hall–Kier alpha value is -1.30. The third-order valence-corrected chi connectivity index (χ3v) is 10.3. The molecule has 182 valence electrons. The Morgan fingerprint density at radius 3 is 2.84 bits per heavy atom. The van der Waals surface area contributed by atoms with E-state index in [2.05, 4.69) is 24.3 Å². The minimum atomic E-state index is -0.128. The number of fused-ring (bicyclic) bond motifs is 5. The average Bonchev–Trinajstić information content (AvgIpc) is 3.15. The summed E-state index contributed by atoms with van der Waals surface area (Å²) in [6.45, 7) is 6.36. The highest BCUT2D eigenvalue weighted by Crippen LogP contribution is 2.67. The molecule has 6 nitrogen and oxygen atoms in total. The van der Waals surface area contributed by atoms with Crippen LogP contribution in [0.1, 0.15) is 90.9 Å². The first-order valence-electron chi connectivity index (χ1n) is 13.2. The van der Waals surface area contributed by atoms with E-state index in [-0.39, 0.29) is 12.1 Å². The number of oxime groups is 1. The predicted octanol–water partition coefficient (Wildman–Crippen LogP) is 4.66. The van der Waals surface area contributed by atoms with E-state index in [9.17, 15) is 5.11 Å². The van der Waals surface area contributed by atoms with Crippen molar-refractivity contribution in [3.05, 3.63) is 0 Å². The third-order valence-electron chi connectivity index (χ3n) is 10.3. The van der Waals surface area contributed by atoms with Gasteiger partial charge in [-0.1, -0.05) is 25.4 Å². The van der Waals surface area contributed by atoms with Gasteiger partial charge in [-0.2, -0.15) is 0 Å². The second-order valence-electron chi connectivity index (χ2n) is 11.8. The van der Waals surface area contributed by atoms with Gasteiger partial charge in [0.1, 0.15) is 6.61 Å². The summed E-state index contributed by atoms with van der Waals surface area (Å²) < 4.78 is 0. The number of hydrogen-bond donors (Lipinski definition) is 4.